The molecule has 0 fully saturated rings. The van der Waals surface area contributed by atoms with Gasteiger partial charge in [-0.25, -0.2) is 9.78 Å². The summed E-state index contributed by atoms with van der Waals surface area (Å²) in [6, 6.07) is 6.87. The molecule has 21 heavy (non-hydrogen) atoms. The van der Waals surface area contributed by atoms with Crippen molar-refractivity contribution in [1.29, 1.82) is 0 Å². The third-order valence-electron chi connectivity index (χ3n) is 2.72. The fourth-order valence-corrected chi connectivity index (χ4v) is 2.37. The highest BCUT2D eigenvalue weighted by atomic mass is 79.9. The molecule has 0 bridgehead atoms. The molecule has 0 unspecified atom stereocenters. The number of rotatable bonds is 4. The summed E-state index contributed by atoms with van der Waals surface area (Å²) >= 11 is 3.37. The van der Waals surface area contributed by atoms with Gasteiger partial charge in [-0.15, -0.1) is 0 Å². The topological polar surface area (TPSA) is 74.4 Å². The minimum absolute atomic E-state index is 0.325. The second-order valence-corrected chi connectivity index (χ2v) is 5.26. The monoisotopic (exact) mass is 350 g/mol. The smallest absolute Gasteiger partial charge is 0.339 e. The van der Waals surface area contributed by atoms with Gasteiger partial charge in [-0.3, -0.25) is 0 Å². The summed E-state index contributed by atoms with van der Waals surface area (Å²) < 4.78 is 11.5. The second kappa shape index (κ2) is 6.58. The number of anilines is 1. The lowest BCUT2D eigenvalue weighted by atomic mass is 10.2. The number of aryl methyl sites for hydroxylation is 1. The highest BCUT2D eigenvalue weighted by molar-refractivity contribution is 9.10. The first-order chi connectivity index (χ1) is 10.0. The fraction of sp³-hybridized carbons (Fsp3) is 0.200. The Labute approximate surface area is 131 Å². The molecule has 0 saturated carbocycles. The van der Waals surface area contributed by atoms with Crippen LogP contribution < -0.4 is 10.5 Å². The van der Waals surface area contributed by atoms with Crippen LogP contribution in [0.3, 0.4) is 0 Å². The number of carbonyl (C=O) groups is 1. The van der Waals surface area contributed by atoms with Crippen LogP contribution in [0.4, 0.5) is 5.69 Å². The molecule has 0 radical (unpaired) electrons. The number of halogens is 1. The van der Waals surface area contributed by atoms with Crippen molar-refractivity contribution in [2.45, 2.75) is 13.8 Å². The van der Waals surface area contributed by atoms with Crippen LogP contribution in [0.2, 0.25) is 0 Å². The molecule has 0 saturated heterocycles. The van der Waals surface area contributed by atoms with Crippen LogP contribution in [0.5, 0.6) is 11.6 Å². The lowest BCUT2D eigenvalue weighted by Gasteiger charge is -2.11. The van der Waals surface area contributed by atoms with E-state index in [9.17, 15) is 4.79 Å². The predicted molar refractivity (Wildman–Crippen MR) is 83.6 cm³/mol. The van der Waals surface area contributed by atoms with Crippen LogP contribution in [-0.2, 0) is 4.74 Å². The van der Waals surface area contributed by atoms with E-state index in [0.29, 0.717) is 29.5 Å². The standard InChI is InChI=1S/C15H15BrN2O3/c1-3-20-15(19)10-4-5-13(18-8-10)21-14-9(2)6-11(16)7-12(14)17/h4-8H,3,17H2,1-2H3. The van der Waals surface area contributed by atoms with E-state index in [4.69, 9.17) is 15.2 Å². The van der Waals surface area contributed by atoms with Crippen LogP contribution in [0, 0.1) is 6.92 Å². The van der Waals surface area contributed by atoms with E-state index in [1.165, 1.54) is 6.20 Å². The number of nitrogens with two attached hydrogens (primary N) is 1. The van der Waals surface area contributed by atoms with Gasteiger partial charge in [0.2, 0.25) is 5.88 Å². The first kappa shape index (κ1) is 15.3. The maximum absolute atomic E-state index is 11.5. The number of hydrogen-bond donors (Lipinski definition) is 1. The maximum Gasteiger partial charge on any atom is 0.339 e. The summed E-state index contributed by atoms with van der Waals surface area (Å²) in [4.78, 5) is 15.6. The van der Waals surface area contributed by atoms with E-state index in [2.05, 4.69) is 20.9 Å². The summed E-state index contributed by atoms with van der Waals surface area (Å²) in [6.45, 7) is 3.97. The van der Waals surface area contributed by atoms with Crippen LogP contribution in [-0.4, -0.2) is 17.6 Å². The van der Waals surface area contributed by atoms with Crippen molar-refractivity contribution in [1.82, 2.24) is 4.98 Å². The predicted octanol–water partition coefficient (Wildman–Crippen LogP) is 3.70. The van der Waals surface area contributed by atoms with Gasteiger partial charge in [0.05, 0.1) is 17.9 Å². The molecule has 110 valence electrons. The van der Waals surface area contributed by atoms with Gasteiger partial charge < -0.3 is 15.2 Å². The average Bonchev–Trinajstić information content (AvgIpc) is 2.43. The third kappa shape index (κ3) is 3.72. The first-order valence-electron chi connectivity index (χ1n) is 6.38. The number of nitrogens with zero attached hydrogens (tertiary/aromatic N) is 1. The molecule has 0 spiro atoms. The Hall–Kier alpha value is -2.08. The van der Waals surface area contributed by atoms with Crippen molar-refractivity contribution in [2.24, 2.45) is 0 Å². The first-order valence-corrected chi connectivity index (χ1v) is 7.17. The Bertz CT molecular complexity index is 633. The van der Waals surface area contributed by atoms with Crippen LogP contribution in [0.25, 0.3) is 0 Å². The van der Waals surface area contributed by atoms with Crippen molar-refractivity contribution in [3.05, 3.63) is 46.1 Å². The summed E-state index contributed by atoms with van der Waals surface area (Å²) in [5.41, 5.74) is 7.71. The molecular weight excluding hydrogens is 336 g/mol. The number of benzene rings is 1. The van der Waals surface area contributed by atoms with Gasteiger partial charge in [-0.1, -0.05) is 15.9 Å². The van der Waals surface area contributed by atoms with Crippen molar-refractivity contribution in [3.63, 3.8) is 0 Å². The second-order valence-electron chi connectivity index (χ2n) is 4.35. The minimum atomic E-state index is -0.407. The molecule has 5 nitrogen and oxygen atoms in total. The molecule has 0 aliphatic carbocycles. The SMILES string of the molecule is CCOC(=O)c1ccc(Oc2c(C)cc(Br)cc2N)nc1. The number of nitrogen functional groups attached to an aromatic ring is 1. The van der Waals surface area contributed by atoms with Gasteiger partial charge in [0.25, 0.3) is 0 Å². The Morgan fingerprint density at radius 2 is 2.14 bits per heavy atom. The summed E-state index contributed by atoms with van der Waals surface area (Å²) in [5.74, 6) is 0.505. The lowest BCUT2D eigenvalue weighted by molar-refractivity contribution is 0.0526. The summed E-state index contributed by atoms with van der Waals surface area (Å²) in [5, 5.41) is 0. The largest absolute Gasteiger partial charge is 0.462 e. The van der Waals surface area contributed by atoms with Gasteiger partial charge in [0, 0.05) is 16.7 Å². The molecule has 6 heteroatoms. The molecule has 1 aromatic heterocycles. The van der Waals surface area contributed by atoms with E-state index in [0.717, 1.165) is 10.0 Å². The van der Waals surface area contributed by atoms with Gasteiger partial charge in [-0.2, -0.15) is 0 Å². The van der Waals surface area contributed by atoms with Crippen LogP contribution >= 0.6 is 15.9 Å². The molecule has 0 atom stereocenters. The van der Waals surface area contributed by atoms with Crippen molar-refractivity contribution in [2.75, 3.05) is 12.3 Å². The van der Waals surface area contributed by atoms with Crippen molar-refractivity contribution in [3.8, 4) is 11.6 Å². The average molecular weight is 351 g/mol. The zero-order valence-corrected chi connectivity index (χ0v) is 13.3. The number of ether oxygens (including phenoxy) is 2. The molecule has 2 N–H and O–H groups in total. The highest BCUT2D eigenvalue weighted by Gasteiger charge is 2.10. The molecule has 0 aliphatic heterocycles. The van der Waals surface area contributed by atoms with Gasteiger partial charge in [-0.05, 0) is 37.6 Å². The number of carbonyl (C=O) groups excluding carboxylic acids is 1. The number of esters is 1. The highest BCUT2D eigenvalue weighted by Crippen LogP contribution is 2.33. The molecule has 1 heterocycles. The van der Waals surface area contributed by atoms with Crippen LogP contribution in [0.1, 0.15) is 22.8 Å². The van der Waals surface area contributed by atoms with Crippen LogP contribution in [0.15, 0.2) is 34.9 Å². The molecular formula is C15H15BrN2O3. The van der Waals surface area contributed by atoms with Gasteiger partial charge >= 0.3 is 5.97 Å². The van der Waals surface area contributed by atoms with E-state index in [1.807, 2.05) is 13.0 Å². The molecule has 2 rings (SSSR count). The lowest BCUT2D eigenvalue weighted by Crippen LogP contribution is -2.05. The third-order valence-corrected chi connectivity index (χ3v) is 3.18. The normalized spacial score (nSPS) is 10.2. The Balaban J connectivity index is 2.19. The zero-order chi connectivity index (χ0) is 15.4. The Morgan fingerprint density at radius 3 is 2.71 bits per heavy atom. The Morgan fingerprint density at radius 1 is 1.38 bits per heavy atom. The molecule has 0 aliphatic rings. The van der Waals surface area contributed by atoms with E-state index >= 15 is 0 Å². The quantitative estimate of drug-likeness (QED) is 0.672. The summed E-state index contributed by atoms with van der Waals surface area (Å²) in [6.07, 6.45) is 1.41. The van der Waals surface area contributed by atoms with E-state index < -0.39 is 5.97 Å². The van der Waals surface area contributed by atoms with Gasteiger partial charge in [0.15, 0.2) is 5.75 Å². The van der Waals surface area contributed by atoms with Crippen molar-refractivity contribution < 1.29 is 14.3 Å². The minimum Gasteiger partial charge on any atom is -0.462 e. The molecule has 1 aromatic carbocycles. The molecule has 0 amide bonds. The maximum atomic E-state index is 11.5. The van der Waals surface area contributed by atoms with Gasteiger partial charge in [0.1, 0.15) is 0 Å². The molecule has 2 aromatic rings. The summed E-state index contributed by atoms with van der Waals surface area (Å²) in [7, 11) is 0. The fourth-order valence-electron chi connectivity index (χ4n) is 1.78. The zero-order valence-electron chi connectivity index (χ0n) is 11.7. The number of hydrogen-bond acceptors (Lipinski definition) is 5. The number of pyridine rings is 1. The Kier molecular flexibility index (Phi) is 4.80. The van der Waals surface area contributed by atoms with E-state index in [1.54, 1.807) is 25.1 Å². The number of aromatic nitrogens is 1. The van der Waals surface area contributed by atoms with E-state index in [-0.39, 0.29) is 0 Å². The van der Waals surface area contributed by atoms with Crippen molar-refractivity contribution >= 4 is 27.6 Å².